The summed E-state index contributed by atoms with van der Waals surface area (Å²) in [6, 6.07) is 4.30. The monoisotopic (exact) mass is 308 g/mol. The lowest BCUT2D eigenvalue weighted by Crippen LogP contribution is -2.39. The van der Waals surface area contributed by atoms with E-state index in [4.69, 9.17) is 0 Å². The molecule has 1 aliphatic rings. The number of carbonyl (C=O) groups excluding carboxylic acids is 2. The van der Waals surface area contributed by atoms with E-state index in [1.807, 2.05) is 0 Å². The molecule has 0 bridgehead atoms. The Kier molecular flexibility index (Phi) is 5.49. The van der Waals surface area contributed by atoms with E-state index in [0.29, 0.717) is 18.4 Å². The quantitative estimate of drug-likeness (QED) is 0.714. The summed E-state index contributed by atoms with van der Waals surface area (Å²) in [6.07, 6.45) is 1.65. The molecule has 6 heteroatoms. The molecule has 2 rings (SSSR count). The first-order valence-electron chi connectivity index (χ1n) is 7.49. The van der Waals surface area contributed by atoms with Gasteiger partial charge in [-0.15, -0.1) is 0 Å². The molecule has 2 atom stereocenters. The third-order valence-electron chi connectivity index (χ3n) is 3.96. The molecule has 0 aliphatic heterocycles. The van der Waals surface area contributed by atoms with E-state index in [2.05, 4.69) is 10.6 Å². The van der Waals surface area contributed by atoms with Crippen molar-refractivity contribution < 1.29 is 19.1 Å². The van der Waals surface area contributed by atoms with Crippen LogP contribution in [0.1, 0.15) is 35.2 Å². The predicted octanol–water partition coefficient (Wildman–Crippen LogP) is 1.14. The number of hydrogen-bond acceptors (Lipinski definition) is 3. The van der Waals surface area contributed by atoms with Gasteiger partial charge in [0.15, 0.2) is 0 Å². The molecular formula is C16H21FN2O3. The van der Waals surface area contributed by atoms with Gasteiger partial charge in [-0.2, -0.15) is 0 Å². The zero-order valence-electron chi connectivity index (χ0n) is 12.6. The summed E-state index contributed by atoms with van der Waals surface area (Å²) in [5.74, 6) is -1.33. The summed E-state index contributed by atoms with van der Waals surface area (Å²) < 4.78 is 13.4. The van der Waals surface area contributed by atoms with Crippen LogP contribution in [0.4, 0.5) is 4.39 Å². The van der Waals surface area contributed by atoms with Gasteiger partial charge < -0.3 is 15.7 Å². The van der Waals surface area contributed by atoms with Crippen molar-refractivity contribution in [2.24, 2.45) is 5.92 Å². The summed E-state index contributed by atoms with van der Waals surface area (Å²) in [4.78, 5) is 23.6. The van der Waals surface area contributed by atoms with E-state index in [9.17, 15) is 19.1 Å². The Balaban J connectivity index is 1.73. The molecule has 2 amide bonds. The smallest absolute Gasteiger partial charge is 0.251 e. The highest BCUT2D eigenvalue weighted by atomic mass is 19.1. The van der Waals surface area contributed by atoms with Gasteiger partial charge in [0.05, 0.1) is 12.0 Å². The third kappa shape index (κ3) is 4.04. The van der Waals surface area contributed by atoms with Crippen LogP contribution in [0.2, 0.25) is 0 Å². The van der Waals surface area contributed by atoms with E-state index in [-0.39, 0.29) is 36.4 Å². The van der Waals surface area contributed by atoms with Gasteiger partial charge in [-0.05, 0) is 43.9 Å². The van der Waals surface area contributed by atoms with E-state index >= 15 is 0 Å². The lowest BCUT2D eigenvalue weighted by atomic mass is 10.1. The minimum absolute atomic E-state index is 0.180. The second-order valence-electron chi connectivity index (χ2n) is 5.62. The number of aryl methyl sites for hydroxylation is 1. The minimum atomic E-state index is -0.565. The summed E-state index contributed by atoms with van der Waals surface area (Å²) >= 11 is 0. The van der Waals surface area contributed by atoms with Crippen molar-refractivity contribution in [1.29, 1.82) is 0 Å². The molecule has 5 nitrogen and oxygen atoms in total. The average Bonchev–Trinajstić information content (AvgIpc) is 2.92. The van der Waals surface area contributed by atoms with Crippen LogP contribution in [-0.2, 0) is 4.79 Å². The Morgan fingerprint density at radius 3 is 2.64 bits per heavy atom. The van der Waals surface area contributed by atoms with Gasteiger partial charge >= 0.3 is 0 Å². The van der Waals surface area contributed by atoms with Crippen LogP contribution in [0.5, 0.6) is 0 Å². The fourth-order valence-corrected chi connectivity index (χ4v) is 2.58. The third-order valence-corrected chi connectivity index (χ3v) is 3.96. The van der Waals surface area contributed by atoms with Gasteiger partial charge in [-0.25, -0.2) is 4.39 Å². The highest BCUT2D eigenvalue weighted by Gasteiger charge is 2.30. The van der Waals surface area contributed by atoms with Crippen molar-refractivity contribution in [3.63, 3.8) is 0 Å². The number of aliphatic hydroxyl groups excluding tert-OH is 1. The zero-order valence-corrected chi connectivity index (χ0v) is 12.6. The molecule has 1 aromatic carbocycles. The number of benzene rings is 1. The molecule has 1 fully saturated rings. The molecule has 0 heterocycles. The fraction of sp³-hybridized carbons (Fsp3) is 0.500. The molecule has 1 aromatic rings. The topological polar surface area (TPSA) is 78.4 Å². The van der Waals surface area contributed by atoms with Crippen LogP contribution in [0, 0.1) is 18.7 Å². The minimum Gasteiger partial charge on any atom is -0.392 e. The summed E-state index contributed by atoms with van der Waals surface area (Å²) in [5, 5.41) is 14.9. The molecule has 120 valence electrons. The van der Waals surface area contributed by atoms with Gasteiger partial charge in [-0.3, -0.25) is 9.59 Å². The van der Waals surface area contributed by atoms with Crippen molar-refractivity contribution >= 4 is 11.8 Å². The van der Waals surface area contributed by atoms with Crippen LogP contribution in [0.25, 0.3) is 0 Å². The Bertz CT molecular complexity index is 562. The molecule has 1 saturated carbocycles. The maximum Gasteiger partial charge on any atom is 0.251 e. The molecule has 0 spiro atoms. The van der Waals surface area contributed by atoms with Gasteiger partial charge in [0.2, 0.25) is 5.91 Å². The zero-order chi connectivity index (χ0) is 16.1. The maximum absolute atomic E-state index is 13.4. The lowest BCUT2D eigenvalue weighted by molar-refractivity contribution is -0.127. The highest BCUT2D eigenvalue weighted by Crippen LogP contribution is 2.25. The SMILES string of the molecule is Cc1ccc(C(=O)NCCNC(=O)C2CCCC2O)cc1F. The molecule has 0 aromatic heterocycles. The predicted molar refractivity (Wildman–Crippen MR) is 79.8 cm³/mol. The first-order valence-corrected chi connectivity index (χ1v) is 7.49. The van der Waals surface area contributed by atoms with Crippen molar-refractivity contribution in [2.75, 3.05) is 13.1 Å². The molecule has 0 radical (unpaired) electrons. The van der Waals surface area contributed by atoms with Gasteiger partial charge in [-0.1, -0.05) is 6.07 Å². The molecule has 3 N–H and O–H groups in total. The number of hydrogen-bond donors (Lipinski definition) is 3. The van der Waals surface area contributed by atoms with Crippen LogP contribution in [-0.4, -0.2) is 36.1 Å². The van der Waals surface area contributed by atoms with Crippen LogP contribution < -0.4 is 10.6 Å². The highest BCUT2D eigenvalue weighted by molar-refractivity contribution is 5.94. The number of nitrogens with one attached hydrogen (secondary N) is 2. The van der Waals surface area contributed by atoms with Gasteiger partial charge in [0.1, 0.15) is 5.82 Å². The average molecular weight is 308 g/mol. The first-order chi connectivity index (χ1) is 10.5. The second kappa shape index (κ2) is 7.35. The molecule has 0 saturated heterocycles. The Morgan fingerprint density at radius 1 is 1.27 bits per heavy atom. The van der Waals surface area contributed by atoms with Gasteiger partial charge in [0, 0.05) is 18.7 Å². The molecule has 22 heavy (non-hydrogen) atoms. The van der Waals surface area contributed by atoms with Crippen LogP contribution in [0.3, 0.4) is 0 Å². The number of halogens is 1. The van der Waals surface area contributed by atoms with E-state index in [1.165, 1.54) is 6.07 Å². The lowest BCUT2D eigenvalue weighted by Gasteiger charge is -2.14. The van der Waals surface area contributed by atoms with Crippen LogP contribution in [0.15, 0.2) is 18.2 Å². The van der Waals surface area contributed by atoms with Crippen molar-refractivity contribution in [1.82, 2.24) is 10.6 Å². The van der Waals surface area contributed by atoms with Gasteiger partial charge in [0.25, 0.3) is 5.91 Å². The van der Waals surface area contributed by atoms with E-state index < -0.39 is 11.9 Å². The Labute approximate surface area is 128 Å². The standard InChI is InChI=1S/C16H21FN2O3/c1-10-5-6-11(9-13(10)17)15(21)18-7-8-19-16(22)12-3-2-4-14(12)20/h5-6,9,12,14,20H,2-4,7-8H2,1H3,(H,18,21)(H,19,22). The molecular weight excluding hydrogens is 287 g/mol. The van der Waals surface area contributed by atoms with Crippen molar-refractivity contribution in [3.05, 3.63) is 35.1 Å². The summed E-state index contributed by atoms with van der Waals surface area (Å²) in [6.45, 7) is 2.16. The maximum atomic E-state index is 13.4. The van der Waals surface area contributed by atoms with Crippen LogP contribution >= 0.6 is 0 Å². The number of aliphatic hydroxyl groups is 1. The number of carbonyl (C=O) groups is 2. The van der Waals surface area contributed by atoms with E-state index in [1.54, 1.807) is 19.1 Å². The Morgan fingerprint density at radius 2 is 2.00 bits per heavy atom. The number of rotatable bonds is 5. The first kappa shape index (κ1) is 16.4. The summed E-state index contributed by atoms with van der Waals surface area (Å²) in [7, 11) is 0. The van der Waals surface area contributed by atoms with Crippen molar-refractivity contribution in [3.8, 4) is 0 Å². The second-order valence-corrected chi connectivity index (χ2v) is 5.62. The molecule has 2 unspecified atom stereocenters. The normalized spacial score (nSPS) is 20.7. The Hall–Kier alpha value is -1.95. The largest absolute Gasteiger partial charge is 0.392 e. The molecule has 1 aliphatic carbocycles. The number of amides is 2. The summed E-state index contributed by atoms with van der Waals surface area (Å²) in [5.41, 5.74) is 0.736. The van der Waals surface area contributed by atoms with Crippen molar-refractivity contribution in [2.45, 2.75) is 32.3 Å². The van der Waals surface area contributed by atoms with E-state index in [0.717, 1.165) is 6.42 Å². The fourth-order valence-electron chi connectivity index (χ4n) is 2.58.